The minimum atomic E-state index is -0.306. The molecule has 0 heterocycles. The van der Waals surface area contributed by atoms with Crippen molar-refractivity contribution in [2.75, 3.05) is 11.0 Å². The summed E-state index contributed by atoms with van der Waals surface area (Å²) in [5.74, 6) is 0. The van der Waals surface area contributed by atoms with Gasteiger partial charge in [-0.1, -0.05) is 0 Å². The molecule has 0 aliphatic rings. The van der Waals surface area contributed by atoms with E-state index in [-0.39, 0.29) is 25.2 Å². The average Bonchev–Trinajstić information content (AvgIpc) is 1.85. The third-order valence-corrected chi connectivity index (χ3v) is 3.20. The molecule has 9 heavy (non-hydrogen) atoms. The number of halogens is 1. The zero-order valence-corrected chi connectivity index (χ0v) is 7.97. The van der Waals surface area contributed by atoms with Gasteiger partial charge in [0.1, 0.15) is 0 Å². The van der Waals surface area contributed by atoms with Gasteiger partial charge in [-0.25, -0.2) is 0 Å². The van der Waals surface area contributed by atoms with Crippen molar-refractivity contribution in [3.63, 3.8) is 0 Å². The molecule has 0 radical (unpaired) electrons. The van der Waals surface area contributed by atoms with Gasteiger partial charge in [0.05, 0.1) is 0 Å². The van der Waals surface area contributed by atoms with Crippen LogP contribution in [0.25, 0.3) is 0 Å². The van der Waals surface area contributed by atoms with Crippen LogP contribution in [0.15, 0.2) is 0 Å². The molecule has 0 aromatic heterocycles. The van der Waals surface area contributed by atoms with Gasteiger partial charge in [-0.2, -0.15) is 0 Å². The van der Waals surface area contributed by atoms with Crippen LogP contribution in [-0.2, 0) is 4.74 Å². The van der Waals surface area contributed by atoms with E-state index < -0.39 is 0 Å². The number of carbonyl (C=O) groups is 1. The molecule has 2 nitrogen and oxygen atoms in total. The Kier molecular flexibility index (Phi) is 6.46. The minimum absolute atomic E-state index is 0.0400. The van der Waals surface area contributed by atoms with E-state index in [1.165, 1.54) is 0 Å². The van der Waals surface area contributed by atoms with Crippen molar-refractivity contribution in [2.45, 2.75) is 20.3 Å². The van der Waals surface area contributed by atoms with Gasteiger partial charge in [-0.3, -0.25) is 0 Å². The predicted molar refractivity (Wildman–Crippen MR) is 32.2 cm³/mol. The van der Waals surface area contributed by atoms with Crippen LogP contribution >= 0.6 is 0 Å². The standard InChI is InChI=1S/C6H12IO2/c1-3-5-7-6(8)9-4-2/h3-5H2,1-2H3/q-1. The Morgan fingerprint density at radius 2 is 2.22 bits per heavy atom. The summed E-state index contributed by atoms with van der Waals surface area (Å²) in [6.07, 6.45) is 1.10. The third-order valence-electron chi connectivity index (χ3n) is 0.650. The van der Waals surface area contributed by atoms with E-state index in [1.54, 1.807) is 0 Å². The zero-order valence-electron chi connectivity index (χ0n) is 5.82. The molecule has 0 saturated carbocycles. The molecule has 0 spiro atoms. The van der Waals surface area contributed by atoms with E-state index in [9.17, 15) is 4.79 Å². The predicted octanol–water partition coefficient (Wildman–Crippen LogP) is -1.36. The number of carbonyl (C=O) groups excluding carboxylic acids is 1. The molecule has 0 N–H and O–H groups in total. The second-order valence-electron chi connectivity index (χ2n) is 1.49. The molecule has 56 valence electrons. The summed E-state index contributed by atoms with van der Waals surface area (Å²) in [4.78, 5) is 10.6. The summed E-state index contributed by atoms with van der Waals surface area (Å²) in [5, 5.41) is 0. The summed E-state index contributed by atoms with van der Waals surface area (Å²) in [6, 6.07) is 0. The fraction of sp³-hybridized carbons (Fsp3) is 0.833. The zero-order chi connectivity index (χ0) is 7.11. The Morgan fingerprint density at radius 3 is 2.67 bits per heavy atom. The Hall–Kier alpha value is 0.200. The van der Waals surface area contributed by atoms with Crippen molar-refractivity contribution in [1.29, 1.82) is 0 Å². The van der Waals surface area contributed by atoms with Gasteiger partial charge in [0.25, 0.3) is 0 Å². The molecule has 3 heteroatoms. The summed E-state index contributed by atoms with van der Waals surface area (Å²) in [7, 11) is 0. The van der Waals surface area contributed by atoms with Crippen molar-refractivity contribution in [2.24, 2.45) is 0 Å². The monoisotopic (exact) mass is 243 g/mol. The van der Waals surface area contributed by atoms with Crippen LogP contribution in [0.1, 0.15) is 20.3 Å². The van der Waals surface area contributed by atoms with Gasteiger partial charge in [-0.15, -0.1) is 0 Å². The summed E-state index contributed by atoms with van der Waals surface area (Å²) in [5.41, 5.74) is 0. The molecule has 0 saturated heterocycles. The molecular formula is C6H12IO2-. The molecule has 0 aliphatic carbocycles. The maximum atomic E-state index is 10.6. The van der Waals surface area contributed by atoms with E-state index in [0.717, 1.165) is 10.8 Å². The first-order valence-corrected chi connectivity index (χ1v) is 5.67. The van der Waals surface area contributed by atoms with Crippen molar-refractivity contribution in [3.05, 3.63) is 0 Å². The summed E-state index contributed by atoms with van der Waals surface area (Å²) in [6.45, 7) is 4.45. The van der Waals surface area contributed by atoms with E-state index in [2.05, 4.69) is 6.92 Å². The van der Waals surface area contributed by atoms with E-state index >= 15 is 0 Å². The van der Waals surface area contributed by atoms with Crippen LogP contribution in [0.2, 0.25) is 0 Å². The van der Waals surface area contributed by atoms with Crippen molar-refractivity contribution < 1.29 is 30.7 Å². The fourth-order valence-electron chi connectivity index (χ4n) is 0.324. The van der Waals surface area contributed by atoms with E-state index in [1.807, 2.05) is 6.92 Å². The van der Waals surface area contributed by atoms with Gasteiger partial charge in [0.2, 0.25) is 0 Å². The molecule has 0 aromatic rings. The van der Waals surface area contributed by atoms with Crippen LogP contribution in [0.4, 0.5) is 4.79 Å². The first kappa shape index (κ1) is 9.20. The molecule has 0 bridgehead atoms. The normalized spacial score (nSPS) is 9.56. The fourth-order valence-corrected chi connectivity index (χ4v) is 1.84. The molecule has 0 fully saturated rings. The van der Waals surface area contributed by atoms with E-state index in [0.29, 0.717) is 6.61 Å². The third kappa shape index (κ3) is 6.08. The topological polar surface area (TPSA) is 26.3 Å². The maximum absolute atomic E-state index is 10.6. The van der Waals surface area contributed by atoms with Gasteiger partial charge in [0, 0.05) is 0 Å². The first-order valence-electron chi connectivity index (χ1n) is 3.07. The van der Waals surface area contributed by atoms with Crippen molar-refractivity contribution >= 4 is 3.98 Å². The number of hydrogen-bond donors (Lipinski definition) is 0. The molecule has 0 atom stereocenters. The van der Waals surface area contributed by atoms with Crippen LogP contribution in [-0.4, -0.2) is 15.0 Å². The Labute approximate surface area is 66.2 Å². The summed E-state index contributed by atoms with van der Waals surface area (Å²) >= 11 is -0.306. The quantitative estimate of drug-likeness (QED) is 0.346. The van der Waals surface area contributed by atoms with Gasteiger partial charge < -0.3 is 0 Å². The first-order chi connectivity index (χ1) is 4.31. The molecule has 0 aromatic carbocycles. The molecule has 0 amide bonds. The molecule has 0 aliphatic heterocycles. The van der Waals surface area contributed by atoms with E-state index in [4.69, 9.17) is 4.74 Å². The van der Waals surface area contributed by atoms with Crippen molar-refractivity contribution in [1.82, 2.24) is 0 Å². The van der Waals surface area contributed by atoms with Gasteiger partial charge in [0.15, 0.2) is 0 Å². The number of alkyl halides is 1. The van der Waals surface area contributed by atoms with Crippen LogP contribution < -0.4 is 21.2 Å². The Bertz CT molecular complexity index is 83.1. The average molecular weight is 243 g/mol. The number of rotatable bonds is 4. The second-order valence-corrected chi connectivity index (χ2v) is 4.22. The second kappa shape index (κ2) is 6.32. The van der Waals surface area contributed by atoms with Crippen molar-refractivity contribution in [3.8, 4) is 0 Å². The molecule has 0 unspecified atom stereocenters. The van der Waals surface area contributed by atoms with Gasteiger partial charge >= 0.3 is 66.0 Å². The molecule has 0 rings (SSSR count). The Balaban J connectivity index is 3.06. The van der Waals surface area contributed by atoms with Crippen LogP contribution in [0, 0.1) is 0 Å². The number of ether oxygens (including phenoxy) is 1. The molecular weight excluding hydrogens is 231 g/mol. The SMILES string of the molecule is CCC[I-]C(=O)OCC. The van der Waals surface area contributed by atoms with Crippen LogP contribution in [0.5, 0.6) is 0 Å². The Morgan fingerprint density at radius 1 is 1.56 bits per heavy atom. The number of hydrogen-bond acceptors (Lipinski definition) is 2. The van der Waals surface area contributed by atoms with Crippen LogP contribution in [0.3, 0.4) is 0 Å². The summed E-state index contributed by atoms with van der Waals surface area (Å²) < 4.78 is 5.85. The van der Waals surface area contributed by atoms with Gasteiger partial charge in [-0.05, 0) is 0 Å².